The summed E-state index contributed by atoms with van der Waals surface area (Å²) in [6.45, 7) is 0.340. The Morgan fingerprint density at radius 2 is 2.21 bits per heavy atom. The van der Waals surface area contributed by atoms with Crippen molar-refractivity contribution >= 4 is 17.0 Å². The fraction of sp³-hybridized carbons (Fsp3) is 0.158. The first-order chi connectivity index (χ1) is 14.2. The zero-order valence-electron chi connectivity index (χ0n) is 15.0. The van der Waals surface area contributed by atoms with E-state index in [4.69, 9.17) is 4.74 Å². The van der Waals surface area contributed by atoms with Crippen molar-refractivity contribution in [3.63, 3.8) is 0 Å². The molecule has 0 saturated heterocycles. The molecule has 0 spiro atoms. The monoisotopic (exact) mass is 391 g/mol. The minimum absolute atomic E-state index is 0.0628. The average molecular weight is 391 g/mol. The Morgan fingerprint density at radius 1 is 1.28 bits per heavy atom. The Labute approximate surface area is 163 Å². The molecule has 144 valence electrons. The third kappa shape index (κ3) is 2.94. The van der Waals surface area contributed by atoms with E-state index in [1.807, 2.05) is 0 Å². The van der Waals surface area contributed by atoms with Crippen molar-refractivity contribution in [1.82, 2.24) is 24.6 Å². The van der Waals surface area contributed by atoms with Crippen LogP contribution < -0.4 is 10.1 Å². The largest absolute Gasteiger partial charge is 0.490 e. The summed E-state index contributed by atoms with van der Waals surface area (Å²) in [6.07, 6.45) is 8.55. The molecule has 4 aromatic rings. The van der Waals surface area contributed by atoms with Gasteiger partial charge in [-0.25, -0.2) is 18.9 Å². The van der Waals surface area contributed by atoms with Gasteiger partial charge in [0.25, 0.3) is 0 Å². The van der Waals surface area contributed by atoms with E-state index >= 15 is 0 Å². The molecular weight excluding hydrogens is 377 g/mol. The van der Waals surface area contributed by atoms with Crippen LogP contribution in [0.25, 0.3) is 16.9 Å². The Bertz CT molecular complexity index is 1230. The summed E-state index contributed by atoms with van der Waals surface area (Å²) in [4.78, 5) is 24.1. The van der Waals surface area contributed by atoms with Gasteiger partial charge in [0.05, 0.1) is 42.3 Å². The molecular formula is C19H14FN7O2. The number of hydrogen-bond donors (Lipinski definition) is 1. The number of anilines is 1. The third-order valence-corrected chi connectivity index (χ3v) is 4.77. The van der Waals surface area contributed by atoms with Crippen LogP contribution in [0.15, 0.2) is 54.4 Å². The zero-order valence-corrected chi connectivity index (χ0v) is 15.0. The number of aromatic nitrogens is 5. The lowest BCUT2D eigenvalue weighted by Gasteiger charge is -2.27. The van der Waals surface area contributed by atoms with Gasteiger partial charge >= 0.3 is 0 Å². The fourth-order valence-electron chi connectivity index (χ4n) is 3.39. The van der Waals surface area contributed by atoms with Gasteiger partial charge in [-0.15, -0.1) is 4.91 Å². The zero-order chi connectivity index (χ0) is 19.8. The summed E-state index contributed by atoms with van der Waals surface area (Å²) in [5, 5.41) is 10.5. The molecule has 1 atom stereocenters. The number of nitrogens with zero attached hydrogens (tertiary/aromatic N) is 6. The molecule has 10 heteroatoms. The second-order valence-electron chi connectivity index (χ2n) is 6.48. The van der Waals surface area contributed by atoms with Gasteiger partial charge in [-0.05, 0) is 11.2 Å². The molecule has 1 aromatic carbocycles. The predicted octanol–water partition coefficient (Wildman–Crippen LogP) is 3.66. The van der Waals surface area contributed by atoms with Gasteiger partial charge in [-0.3, -0.25) is 4.98 Å². The molecule has 3 aromatic heterocycles. The summed E-state index contributed by atoms with van der Waals surface area (Å²) in [6, 6.07) is 4.46. The third-order valence-electron chi connectivity index (χ3n) is 4.77. The maximum absolute atomic E-state index is 14.1. The van der Waals surface area contributed by atoms with Gasteiger partial charge in [0.15, 0.2) is 28.9 Å². The van der Waals surface area contributed by atoms with E-state index in [1.165, 1.54) is 12.3 Å². The average Bonchev–Trinajstić information content (AvgIpc) is 3.19. The first kappa shape index (κ1) is 17.2. The van der Waals surface area contributed by atoms with E-state index in [-0.39, 0.29) is 23.3 Å². The van der Waals surface area contributed by atoms with Crippen LogP contribution in [0, 0.1) is 10.7 Å². The van der Waals surface area contributed by atoms with Crippen LogP contribution in [0.2, 0.25) is 0 Å². The first-order valence-electron chi connectivity index (χ1n) is 8.90. The second kappa shape index (κ2) is 6.89. The lowest BCUT2D eigenvalue weighted by molar-refractivity contribution is 0.260. The number of fused-ring (bicyclic) bond motifs is 2. The summed E-state index contributed by atoms with van der Waals surface area (Å²) >= 11 is 0. The van der Waals surface area contributed by atoms with Crippen LogP contribution in [-0.4, -0.2) is 31.2 Å². The van der Waals surface area contributed by atoms with Gasteiger partial charge in [0, 0.05) is 24.4 Å². The molecule has 29 heavy (non-hydrogen) atoms. The van der Waals surface area contributed by atoms with E-state index in [2.05, 4.69) is 30.5 Å². The maximum atomic E-state index is 14.1. The molecule has 4 heterocycles. The molecule has 1 aliphatic rings. The van der Waals surface area contributed by atoms with Crippen LogP contribution in [-0.2, 0) is 0 Å². The lowest BCUT2D eigenvalue weighted by Crippen LogP contribution is -2.21. The molecule has 0 aliphatic carbocycles. The number of rotatable bonds is 4. The van der Waals surface area contributed by atoms with E-state index in [0.717, 1.165) is 5.52 Å². The first-order valence-corrected chi connectivity index (χ1v) is 8.90. The smallest absolute Gasteiger partial charge is 0.168 e. The minimum Gasteiger partial charge on any atom is -0.490 e. The predicted molar refractivity (Wildman–Crippen MR) is 102 cm³/mol. The lowest BCUT2D eigenvalue weighted by atomic mass is 10.0. The van der Waals surface area contributed by atoms with Gasteiger partial charge in [-0.2, -0.15) is 5.10 Å². The van der Waals surface area contributed by atoms with Gasteiger partial charge in [0.1, 0.15) is 0 Å². The van der Waals surface area contributed by atoms with Crippen LogP contribution in [0.3, 0.4) is 0 Å². The van der Waals surface area contributed by atoms with Crippen LogP contribution in [0.4, 0.5) is 15.9 Å². The molecule has 0 saturated carbocycles. The molecule has 0 radical (unpaired) electrons. The number of para-hydroxylation sites is 1. The van der Waals surface area contributed by atoms with Crippen molar-refractivity contribution in [2.45, 2.75) is 12.5 Å². The Hall–Kier alpha value is -3.95. The van der Waals surface area contributed by atoms with Crippen LogP contribution in [0.1, 0.15) is 18.0 Å². The number of hydrogen-bond acceptors (Lipinski definition) is 8. The summed E-state index contributed by atoms with van der Waals surface area (Å²) in [5.74, 6) is 0.412. The van der Waals surface area contributed by atoms with Crippen molar-refractivity contribution in [3.8, 4) is 17.1 Å². The molecule has 0 fully saturated rings. The molecule has 1 aliphatic heterocycles. The van der Waals surface area contributed by atoms with Crippen LogP contribution >= 0.6 is 0 Å². The number of benzene rings is 1. The van der Waals surface area contributed by atoms with Gasteiger partial charge in [-0.1, -0.05) is 12.1 Å². The van der Waals surface area contributed by atoms with E-state index in [9.17, 15) is 9.30 Å². The number of halogens is 1. The van der Waals surface area contributed by atoms with E-state index in [1.54, 1.807) is 41.4 Å². The summed E-state index contributed by atoms with van der Waals surface area (Å²) in [5.41, 5.74) is 2.11. The Morgan fingerprint density at radius 3 is 3.10 bits per heavy atom. The molecule has 9 nitrogen and oxygen atoms in total. The van der Waals surface area contributed by atoms with Gasteiger partial charge < -0.3 is 10.1 Å². The number of nitrogens with one attached hydrogen (secondary N) is 1. The van der Waals surface area contributed by atoms with Gasteiger partial charge in [0.2, 0.25) is 0 Å². The fourth-order valence-corrected chi connectivity index (χ4v) is 3.39. The Balaban J connectivity index is 1.55. The highest BCUT2D eigenvalue weighted by Gasteiger charge is 2.25. The molecule has 5 rings (SSSR count). The number of nitroso groups, excluding NO2 is 1. The van der Waals surface area contributed by atoms with Crippen molar-refractivity contribution < 1.29 is 9.13 Å². The van der Waals surface area contributed by atoms with Crippen molar-refractivity contribution in [1.29, 1.82) is 0 Å². The molecule has 0 unspecified atom stereocenters. The Kier molecular flexibility index (Phi) is 4.08. The van der Waals surface area contributed by atoms with Crippen LogP contribution in [0.5, 0.6) is 5.75 Å². The van der Waals surface area contributed by atoms with E-state index < -0.39 is 5.82 Å². The van der Waals surface area contributed by atoms with Crippen molar-refractivity contribution in [2.24, 2.45) is 5.18 Å². The molecule has 0 amide bonds. The highest BCUT2D eigenvalue weighted by Crippen LogP contribution is 2.37. The highest BCUT2D eigenvalue weighted by atomic mass is 19.1. The molecule has 0 bridgehead atoms. The summed E-state index contributed by atoms with van der Waals surface area (Å²) in [7, 11) is 0. The quantitative estimate of drug-likeness (QED) is 0.529. The van der Waals surface area contributed by atoms with E-state index in [0.29, 0.717) is 30.0 Å². The summed E-state index contributed by atoms with van der Waals surface area (Å²) < 4.78 is 21.2. The SMILES string of the molecule is O=Nc1cnc(-c2cnn3ccncc23)nc1N[C@@H]1CCOc2c(F)cccc21. The standard InChI is InChI=1S/C19H14FN7O2/c20-13-3-1-2-11-14(4-7-29-17(11)13)24-19-15(26-28)9-22-18(25-19)12-8-23-27-6-5-21-10-16(12)27/h1-3,5-6,8-10,14H,4,7H2,(H,22,24,25)/t14-/m1/s1. The van der Waals surface area contributed by atoms with Crippen molar-refractivity contribution in [2.75, 3.05) is 11.9 Å². The highest BCUT2D eigenvalue weighted by molar-refractivity contribution is 5.76. The van der Waals surface area contributed by atoms with Crippen molar-refractivity contribution in [3.05, 3.63) is 65.5 Å². The number of ether oxygens (including phenoxy) is 1. The maximum Gasteiger partial charge on any atom is 0.168 e. The second-order valence-corrected chi connectivity index (χ2v) is 6.48. The minimum atomic E-state index is -0.426. The normalized spacial score (nSPS) is 15.6. The topological polar surface area (TPSA) is 107 Å². The molecule has 1 N–H and O–H groups in total.